The first-order chi connectivity index (χ1) is 37.5. The predicted octanol–water partition coefficient (Wildman–Crippen LogP) is 14.1. The van der Waals surface area contributed by atoms with Crippen molar-refractivity contribution in [3.8, 4) is 23.0 Å². The molecule has 15 rings (SSSR count). The van der Waals surface area contributed by atoms with E-state index < -0.39 is 0 Å². The smallest absolute Gasteiger partial charge is 0.256 e. The Balaban J connectivity index is 1.04. The zero-order valence-corrected chi connectivity index (χ0v) is 42.0. The van der Waals surface area contributed by atoms with E-state index in [0.717, 1.165) is 124 Å². The summed E-state index contributed by atoms with van der Waals surface area (Å²) in [5.74, 6) is 3.44. The van der Waals surface area contributed by atoms with Gasteiger partial charge in [-0.05, 0) is 161 Å². The number of aryl methyl sites for hydroxylation is 2. The Kier molecular flexibility index (Phi) is 10.1. The van der Waals surface area contributed by atoms with Gasteiger partial charge in [-0.15, -0.1) is 0 Å². The van der Waals surface area contributed by atoms with E-state index in [9.17, 15) is 0 Å². The summed E-state index contributed by atoms with van der Waals surface area (Å²) in [5.41, 5.74) is 22.0. The van der Waals surface area contributed by atoms with Crippen LogP contribution in [0, 0.1) is 13.8 Å². The lowest BCUT2D eigenvalue weighted by Crippen LogP contribution is -2.63. The van der Waals surface area contributed by atoms with E-state index in [4.69, 9.17) is 9.47 Å². The monoisotopic (exact) mass is 974 g/mol. The molecule has 0 unspecified atom stereocenters. The highest BCUT2D eigenvalue weighted by Gasteiger charge is 2.48. The average molecular weight is 975 g/mol. The maximum atomic E-state index is 7.24. The number of hydrogen-bond acceptors (Lipinski definition) is 6. The van der Waals surface area contributed by atoms with Gasteiger partial charge in [0.15, 0.2) is 0 Å². The van der Waals surface area contributed by atoms with Gasteiger partial charge in [-0.25, -0.2) is 0 Å². The van der Waals surface area contributed by atoms with Gasteiger partial charge >= 0.3 is 0 Å². The summed E-state index contributed by atoms with van der Waals surface area (Å²) in [6.07, 6.45) is 0. The van der Waals surface area contributed by atoms with Crippen molar-refractivity contribution in [2.45, 2.75) is 13.8 Å². The number of benzene rings is 11. The minimum atomic E-state index is -0.151. The molecular weight excluding hydrogens is 926 g/mol. The van der Waals surface area contributed by atoms with Gasteiger partial charge in [0.05, 0.1) is 11.4 Å². The highest BCUT2D eigenvalue weighted by Crippen LogP contribution is 2.50. The standard InChI is InChI=1S/C68H48B2N4O2/c1-45-33-35-55-63(37-45)75-65-41-53(71(47-21-9-3-10-22-47)48-23-11-4-12-24-48)39-61-67(65)69(55)57-43-58-60(44-59(57)73(61)51-29-17-7-18-30-51)74(52-31-19-8-20-32-52)62-40-54(72(49-25-13-5-14-26-49)50-27-15-6-16-28-50)42-66-68(62)70(58)56-36-34-46(2)38-64(56)76-66/h3-44H,1-2H3. The molecule has 0 radical (unpaired) electrons. The summed E-state index contributed by atoms with van der Waals surface area (Å²) in [6.45, 7) is 4.00. The quantitative estimate of drug-likeness (QED) is 0.141. The van der Waals surface area contributed by atoms with Crippen molar-refractivity contribution in [3.05, 3.63) is 266 Å². The van der Waals surface area contributed by atoms with Crippen LogP contribution < -0.4 is 61.9 Å². The molecule has 11 aromatic carbocycles. The SMILES string of the molecule is Cc1ccc2c(c1)Oc1cc(N(c3ccccc3)c3ccccc3)cc3c1B2c1cc2c(cc1N3c1ccccc1)N(c1ccccc1)c1cc(N(c3ccccc3)c3ccccc3)cc3c1B2c1ccc(C)cc1O3. The van der Waals surface area contributed by atoms with E-state index in [1.54, 1.807) is 0 Å². The third-order valence-corrected chi connectivity index (χ3v) is 15.6. The van der Waals surface area contributed by atoms with E-state index in [-0.39, 0.29) is 13.4 Å². The molecular formula is C68H48B2N4O2. The summed E-state index contributed by atoms with van der Waals surface area (Å²) < 4.78 is 14.5. The zero-order chi connectivity index (χ0) is 50.4. The molecule has 0 saturated carbocycles. The van der Waals surface area contributed by atoms with Gasteiger partial charge in [-0.1, -0.05) is 140 Å². The molecule has 0 bridgehead atoms. The number of ether oxygens (including phenoxy) is 2. The largest absolute Gasteiger partial charge is 0.458 e. The van der Waals surface area contributed by atoms with Crippen LogP contribution in [0.1, 0.15) is 11.1 Å². The first-order valence-electron chi connectivity index (χ1n) is 26.1. The maximum Gasteiger partial charge on any atom is 0.256 e. The Morgan fingerprint density at radius 3 is 0.987 bits per heavy atom. The van der Waals surface area contributed by atoms with E-state index in [1.165, 1.54) is 10.9 Å². The van der Waals surface area contributed by atoms with Gasteiger partial charge in [0.1, 0.15) is 23.0 Å². The number of hydrogen-bond donors (Lipinski definition) is 0. The molecule has 4 aliphatic rings. The third kappa shape index (κ3) is 6.98. The molecule has 0 N–H and O–H groups in total. The second kappa shape index (κ2) is 17.5. The number of rotatable bonds is 8. The Hall–Kier alpha value is -9.65. The maximum absolute atomic E-state index is 7.24. The van der Waals surface area contributed by atoms with Crippen LogP contribution in [0.2, 0.25) is 0 Å². The van der Waals surface area contributed by atoms with Crippen LogP contribution in [0.3, 0.4) is 0 Å². The molecule has 0 aromatic heterocycles. The molecule has 0 spiro atoms. The van der Waals surface area contributed by atoms with Crippen molar-refractivity contribution in [1.82, 2.24) is 0 Å². The first-order valence-corrected chi connectivity index (χ1v) is 26.1. The molecule has 6 nitrogen and oxygen atoms in total. The number of fused-ring (bicyclic) bond motifs is 8. The van der Waals surface area contributed by atoms with Crippen molar-refractivity contribution >= 4 is 114 Å². The normalized spacial score (nSPS) is 13.0. The average Bonchev–Trinajstić information content (AvgIpc) is 3.48. The fraction of sp³-hybridized carbons (Fsp3) is 0.0294. The molecule has 11 aromatic rings. The van der Waals surface area contributed by atoms with Crippen LogP contribution in [-0.2, 0) is 0 Å². The van der Waals surface area contributed by atoms with Crippen molar-refractivity contribution in [1.29, 1.82) is 0 Å². The van der Waals surface area contributed by atoms with E-state index in [2.05, 4.69) is 288 Å². The Morgan fingerprint density at radius 2 is 0.632 bits per heavy atom. The summed E-state index contributed by atoms with van der Waals surface area (Å²) in [4.78, 5) is 9.65. The van der Waals surface area contributed by atoms with Crippen molar-refractivity contribution < 1.29 is 9.47 Å². The Labute approximate surface area is 444 Å². The zero-order valence-electron chi connectivity index (χ0n) is 42.0. The molecule has 0 amide bonds. The lowest BCUT2D eigenvalue weighted by molar-refractivity contribution is 0.487. The minimum Gasteiger partial charge on any atom is -0.458 e. The van der Waals surface area contributed by atoms with E-state index >= 15 is 0 Å². The molecule has 4 aliphatic heterocycles. The van der Waals surface area contributed by atoms with E-state index in [0.29, 0.717) is 0 Å². The predicted molar refractivity (Wildman–Crippen MR) is 317 cm³/mol. The van der Waals surface area contributed by atoms with Gasteiger partial charge in [-0.3, -0.25) is 0 Å². The number of para-hydroxylation sites is 6. The van der Waals surface area contributed by atoms with Gasteiger partial charge in [0, 0.05) is 69.0 Å². The molecule has 358 valence electrons. The molecule has 0 atom stereocenters. The summed E-state index contributed by atoms with van der Waals surface area (Å²) >= 11 is 0. The van der Waals surface area contributed by atoms with Crippen LogP contribution in [-0.4, -0.2) is 13.4 Å². The number of nitrogens with zero attached hydrogens (tertiary/aromatic N) is 4. The van der Waals surface area contributed by atoms with Crippen molar-refractivity contribution in [2.24, 2.45) is 0 Å². The van der Waals surface area contributed by atoms with Crippen LogP contribution in [0.15, 0.2) is 255 Å². The molecule has 76 heavy (non-hydrogen) atoms. The lowest BCUT2D eigenvalue weighted by Gasteiger charge is -2.45. The molecule has 0 aliphatic carbocycles. The van der Waals surface area contributed by atoms with Gasteiger partial charge in [0.25, 0.3) is 13.4 Å². The summed E-state index contributed by atoms with van der Waals surface area (Å²) in [7, 11) is 0. The van der Waals surface area contributed by atoms with Crippen molar-refractivity contribution in [3.63, 3.8) is 0 Å². The first kappa shape index (κ1) is 43.9. The molecule has 0 fully saturated rings. The number of anilines is 12. The summed E-state index contributed by atoms with van der Waals surface area (Å²) in [5, 5.41) is 0. The highest BCUT2D eigenvalue weighted by molar-refractivity contribution is 7.02. The molecule has 4 heterocycles. The van der Waals surface area contributed by atoms with Crippen LogP contribution in [0.4, 0.5) is 68.2 Å². The lowest BCUT2D eigenvalue weighted by atomic mass is 9.31. The van der Waals surface area contributed by atoms with Crippen LogP contribution in [0.25, 0.3) is 0 Å². The van der Waals surface area contributed by atoms with Crippen LogP contribution >= 0.6 is 0 Å². The van der Waals surface area contributed by atoms with Gasteiger partial charge in [0.2, 0.25) is 0 Å². The third-order valence-electron chi connectivity index (χ3n) is 15.6. The Bertz CT molecular complexity index is 3710. The van der Waals surface area contributed by atoms with Crippen molar-refractivity contribution in [2.75, 3.05) is 19.6 Å². The molecule has 0 saturated heterocycles. The second-order valence-corrected chi connectivity index (χ2v) is 20.2. The minimum absolute atomic E-state index is 0.151. The summed E-state index contributed by atoms with van der Waals surface area (Å²) in [6, 6.07) is 92.1. The van der Waals surface area contributed by atoms with Crippen LogP contribution in [0.5, 0.6) is 23.0 Å². The Morgan fingerprint density at radius 1 is 0.289 bits per heavy atom. The van der Waals surface area contributed by atoms with E-state index in [1.807, 2.05) is 0 Å². The van der Waals surface area contributed by atoms with Gasteiger partial charge < -0.3 is 29.1 Å². The second-order valence-electron chi connectivity index (χ2n) is 20.2. The fourth-order valence-corrected chi connectivity index (χ4v) is 12.3. The fourth-order valence-electron chi connectivity index (χ4n) is 12.3. The van der Waals surface area contributed by atoms with Gasteiger partial charge in [-0.2, -0.15) is 0 Å². The topological polar surface area (TPSA) is 31.4 Å². The molecule has 8 heteroatoms. The highest BCUT2D eigenvalue weighted by atomic mass is 16.5.